The predicted octanol–water partition coefficient (Wildman–Crippen LogP) is 3.93. The van der Waals surface area contributed by atoms with Crippen molar-refractivity contribution in [3.63, 3.8) is 0 Å². The SMILES string of the molecule is Cc1ccc(C(=O)N2C[C@H]3CCCC(=O)N(Cc4cccc(F)c4)[C@H]3C2)cc1F. The molecule has 2 amide bonds. The highest BCUT2D eigenvalue weighted by molar-refractivity contribution is 5.94. The molecule has 2 heterocycles. The molecule has 2 aromatic rings. The van der Waals surface area contributed by atoms with Crippen molar-refractivity contribution in [2.45, 2.75) is 38.8 Å². The van der Waals surface area contributed by atoms with E-state index in [1.165, 1.54) is 18.2 Å². The lowest BCUT2D eigenvalue weighted by Crippen LogP contribution is -2.43. The van der Waals surface area contributed by atoms with Gasteiger partial charge in [-0.1, -0.05) is 18.2 Å². The fourth-order valence-electron chi connectivity index (χ4n) is 4.45. The van der Waals surface area contributed by atoms with Gasteiger partial charge in [0.05, 0.1) is 6.04 Å². The third-order valence-electron chi connectivity index (χ3n) is 6.04. The summed E-state index contributed by atoms with van der Waals surface area (Å²) in [5.74, 6) is -0.722. The molecule has 0 saturated carbocycles. The van der Waals surface area contributed by atoms with Crippen molar-refractivity contribution in [1.82, 2.24) is 9.80 Å². The van der Waals surface area contributed by atoms with E-state index in [1.54, 1.807) is 34.9 Å². The molecule has 2 aliphatic rings. The number of likely N-dealkylation sites (tertiary alicyclic amines) is 2. The van der Waals surface area contributed by atoms with Gasteiger partial charge in [0.25, 0.3) is 5.91 Å². The van der Waals surface area contributed by atoms with Crippen molar-refractivity contribution in [1.29, 1.82) is 0 Å². The molecule has 29 heavy (non-hydrogen) atoms. The monoisotopic (exact) mass is 398 g/mol. The summed E-state index contributed by atoms with van der Waals surface area (Å²) in [5, 5.41) is 0. The maximum Gasteiger partial charge on any atom is 0.254 e. The molecule has 0 unspecified atom stereocenters. The quantitative estimate of drug-likeness (QED) is 0.786. The lowest BCUT2D eigenvalue weighted by atomic mass is 9.98. The van der Waals surface area contributed by atoms with Gasteiger partial charge in [0.1, 0.15) is 11.6 Å². The topological polar surface area (TPSA) is 40.6 Å². The summed E-state index contributed by atoms with van der Waals surface area (Å²) in [6.07, 6.45) is 2.11. The van der Waals surface area contributed by atoms with Crippen LogP contribution < -0.4 is 0 Å². The summed E-state index contributed by atoms with van der Waals surface area (Å²) in [7, 11) is 0. The van der Waals surface area contributed by atoms with Crippen LogP contribution in [0.4, 0.5) is 8.78 Å². The third kappa shape index (κ3) is 4.02. The Balaban J connectivity index is 1.55. The fourth-order valence-corrected chi connectivity index (χ4v) is 4.45. The van der Waals surface area contributed by atoms with Crippen LogP contribution in [0.15, 0.2) is 42.5 Å². The Bertz CT molecular complexity index is 946. The molecule has 2 saturated heterocycles. The molecule has 152 valence electrons. The number of carbonyl (C=O) groups is 2. The van der Waals surface area contributed by atoms with Crippen molar-refractivity contribution in [2.24, 2.45) is 5.92 Å². The van der Waals surface area contributed by atoms with Crippen LogP contribution in [0.1, 0.15) is 40.7 Å². The molecule has 6 heteroatoms. The molecule has 0 aromatic heterocycles. The number of nitrogens with zero attached hydrogens (tertiary/aromatic N) is 2. The van der Waals surface area contributed by atoms with E-state index in [4.69, 9.17) is 0 Å². The van der Waals surface area contributed by atoms with E-state index in [2.05, 4.69) is 0 Å². The first-order valence-corrected chi connectivity index (χ1v) is 10.0. The Labute approximate surface area is 169 Å². The van der Waals surface area contributed by atoms with Crippen LogP contribution in [-0.4, -0.2) is 40.7 Å². The first-order valence-electron chi connectivity index (χ1n) is 10.0. The zero-order valence-corrected chi connectivity index (χ0v) is 16.4. The zero-order chi connectivity index (χ0) is 20.5. The Hall–Kier alpha value is -2.76. The van der Waals surface area contributed by atoms with Crippen molar-refractivity contribution in [3.8, 4) is 0 Å². The Kier molecular flexibility index (Phi) is 5.35. The second-order valence-corrected chi connectivity index (χ2v) is 8.05. The van der Waals surface area contributed by atoms with Gasteiger partial charge in [-0.3, -0.25) is 9.59 Å². The van der Waals surface area contributed by atoms with E-state index in [9.17, 15) is 18.4 Å². The minimum Gasteiger partial charge on any atom is -0.336 e. The molecule has 0 radical (unpaired) electrons. The zero-order valence-electron chi connectivity index (χ0n) is 16.4. The standard InChI is InChI=1S/C23H24F2N2O2/c1-15-8-9-17(11-20(15)25)23(29)26-13-18-5-3-7-22(28)27(21(18)14-26)12-16-4-2-6-19(24)10-16/h2,4,6,8-11,18,21H,3,5,7,12-14H2,1H3/t18-,21+/m1/s1. The van der Waals surface area contributed by atoms with Gasteiger partial charge in [-0.05, 0) is 61.1 Å². The summed E-state index contributed by atoms with van der Waals surface area (Å²) in [6, 6.07) is 10.7. The number of rotatable bonds is 3. The molecule has 2 aromatic carbocycles. The fraction of sp³-hybridized carbons (Fsp3) is 0.391. The molecule has 2 aliphatic heterocycles. The van der Waals surface area contributed by atoms with E-state index in [0.717, 1.165) is 18.4 Å². The molecule has 2 atom stereocenters. The summed E-state index contributed by atoms with van der Waals surface area (Å²) >= 11 is 0. The van der Waals surface area contributed by atoms with Crippen LogP contribution in [0.25, 0.3) is 0 Å². The lowest BCUT2D eigenvalue weighted by molar-refractivity contribution is -0.133. The summed E-state index contributed by atoms with van der Waals surface area (Å²) < 4.78 is 27.5. The summed E-state index contributed by atoms with van der Waals surface area (Å²) in [6.45, 7) is 2.96. The maximum absolute atomic E-state index is 13.9. The lowest BCUT2D eigenvalue weighted by Gasteiger charge is -2.30. The number of halogens is 2. The van der Waals surface area contributed by atoms with Crippen LogP contribution in [-0.2, 0) is 11.3 Å². The first-order chi connectivity index (χ1) is 13.9. The largest absolute Gasteiger partial charge is 0.336 e. The molecular formula is C23H24F2N2O2. The van der Waals surface area contributed by atoms with Crippen molar-refractivity contribution in [3.05, 3.63) is 70.8 Å². The Morgan fingerprint density at radius 2 is 1.97 bits per heavy atom. The molecular weight excluding hydrogens is 374 g/mol. The highest BCUT2D eigenvalue weighted by Crippen LogP contribution is 2.32. The first kappa shape index (κ1) is 19.6. The Morgan fingerprint density at radius 3 is 2.72 bits per heavy atom. The molecule has 4 nitrogen and oxygen atoms in total. The average Bonchev–Trinajstić information content (AvgIpc) is 3.05. The van der Waals surface area contributed by atoms with E-state index in [-0.39, 0.29) is 29.6 Å². The number of fused-ring (bicyclic) bond motifs is 1. The van der Waals surface area contributed by atoms with Crippen molar-refractivity contribution >= 4 is 11.8 Å². The number of carbonyl (C=O) groups excluding carboxylic acids is 2. The average molecular weight is 398 g/mol. The van der Waals surface area contributed by atoms with Crippen LogP contribution in [0.2, 0.25) is 0 Å². The van der Waals surface area contributed by atoms with Gasteiger partial charge < -0.3 is 9.80 Å². The number of hydrogen-bond donors (Lipinski definition) is 0. The van der Waals surface area contributed by atoms with E-state index in [1.807, 2.05) is 6.07 Å². The number of benzene rings is 2. The van der Waals surface area contributed by atoms with Crippen LogP contribution >= 0.6 is 0 Å². The molecule has 4 rings (SSSR count). The molecule has 0 N–H and O–H groups in total. The highest BCUT2D eigenvalue weighted by Gasteiger charge is 2.42. The van der Waals surface area contributed by atoms with E-state index in [0.29, 0.717) is 37.2 Å². The van der Waals surface area contributed by atoms with Crippen LogP contribution in [0.3, 0.4) is 0 Å². The minimum absolute atomic E-state index is 0.0393. The van der Waals surface area contributed by atoms with Crippen LogP contribution in [0.5, 0.6) is 0 Å². The number of aryl methyl sites for hydroxylation is 1. The number of hydrogen-bond acceptors (Lipinski definition) is 2. The molecule has 0 spiro atoms. The normalized spacial score (nSPS) is 21.8. The molecule has 0 aliphatic carbocycles. The smallest absolute Gasteiger partial charge is 0.254 e. The predicted molar refractivity (Wildman–Crippen MR) is 105 cm³/mol. The molecule has 0 bridgehead atoms. The third-order valence-corrected chi connectivity index (χ3v) is 6.04. The second kappa shape index (κ2) is 7.93. The van der Waals surface area contributed by atoms with Gasteiger partial charge in [0.15, 0.2) is 0 Å². The highest BCUT2D eigenvalue weighted by atomic mass is 19.1. The minimum atomic E-state index is -0.396. The van der Waals surface area contributed by atoms with Crippen LogP contribution in [0, 0.1) is 24.5 Å². The van der Waals surface area contributed by atoms with Gasteiger partial charge in [0.2, 0.25) is 5.91 Å². The number of amides is 2. The van der Waals surface area contributed by atoms with Crippen molar-refractivity contribution < 1.29 is 18.4 Å². The van der Waals surface area contributed by atoms with Gasteiger partial charge in [-0.2, -0.15) is 0 Å². The summed E-state index contributed by atoms with van der Waals surface area (Å²) in [4.78, 5) is 29.2. The van der Waals surface area contributed by atoms with Gasteiger partial charge in [-0.25, -0.2) is 8.78 Å². The second-order valence-electron chi connectivity index (χ2n) is 8.05. The molecule has 2 fully saturated rings. The van der Waals surface area contributed by atoms with E-state index < -0.39 is 5.82 Å². The van der Waals surface area contributed by atoms with Gasteiger partial charge >= 0.3 is 0 Å². The van der Waals surface area contributed by atoms with Crippen molar-refractivity contribution in [2.75, 3.05) is 13.1 Å². The summed E-state index contributed by atoms with van der Waals surface area (Å²) in [5.41, 5.74) is 1.57. The Morgan fingerprint density at radius 1 is 1.14 bits per heavy atom. The van der Waals surface area contributed by atoms with Gasteiger partial charge in [-0.15, -0.1) is 0 Å². The maximum atomic E-state index is 13.9. The van der Waals surface area contributed by atoms with Gasteiger partial charge in [0, 0.05) is 31.6 Å². The van der Waals surface area contributed by atoms with E-state index >= 15 is 0 Å².